The van der Waals surface area contributed by atoms with Crippen molar-refractivity contribution in [2.45, 2.75) is 18.9 Å². The number of rotatable bonds is 7. The predicted molar refractivity (Wildman–Crippen MR) is 126 cm³/mol. The number of anilines is 1. The van der Waals surface area contributed by atoms with Crippen LogP contribution in [0.15, 0.2) is 78.9 Å². The fourth-order valence-electron chi connectivity index (χ4n) is 3.96. The normalized spacial score (nSPS) is 17.6. The molecule has 1 saturated heterocycles. The molecule has 1 fully saturated rings. The number of carbonyl (C=O) groups excluding carboxylic acids is 3. The van der Waals surface area contributed by atoms with Crippen LogP contribution >= 0.6 is 0 Å². The van der Waals surface area contributed by atoms with Gasteiger partial charge in [0, 0.05) is 12.1 Å². The van der Waals surface area contributed by atoms with Gasteiger partial charge in [-0.2, -0.15) is 0 Å². The number of urea groups is 1. The lowest BCUT2D eigenvalue weighted by molar-refractivity contribution is -0.133. The van der Waals surface area contributed by atoms with Crippen LogP contribution in [-0.2, 0) is 16.0 Å². The number of amides is 4. The van der Waals surface area contributed by atoms with Crippen LogP contribution in [0.2, 0.25) is 0 Å². The van der Waals surface area contributed by atoms with E-state index in [4.69, 9.17) is 4.74 Å². The Labute approximate surface area is 192 Å². The van der Waals surface area contributed by atoms with E-state index in [0.717, 1.165) is 21.6 Å². The van der Waals surface area contributed by atoms with Gasteiger partial charge in [-0.1, -0.05) is 60.7 Å². The van der Waals surface area contributed by atoms with Gasteiger partial charge in [-0.05, 0) is 41.8 Å². The lowest BCUT2D eigenvalue weighted by Crippen LogP contribution is -2.46. The number of imide groups is 1. The van der Waals surface area contributed by atoms with Gasteiger partial charge >= 0.3 is 6.03 Å². The zero-order chi connectivity index (χ0) is 23.4. The first-order chi connectivity index (χ1) is 15.9. The zero-order valence-electron chi connectivity index (χ0n) is 18.5. The first kappa shape index (κ1) is 22.1. The fourth-order valence-corrected chi connectivity index (χ4v) is 3.96. The molecule has 3 aromatic rings. The van der Waals surface area contributed by atoms with Gasteiger partial charge in [-0.15, -0.1) is 0 Å². The first-order valence-electron chi connectivity index (χ1n) is 10.6. The average molecular weight is 444 g/mol. The molecular weight excluding hydrogens is 418 g/mol. The summed E-state index contributed by atoms with van der Waals surface area (Å²) in [6.45, 7) is 1.28. The molecule has 0 aliphatic carbocycles. The molecule has 0 radical (unpaired) electrons. The van der Waals surface area contributed by atoms with Crippen LogP contribution in [0.25, 0.3) is 11.1 Å². The summed E-state index contributed by atoms with van der Waals surface area (Å²) in [5.41, 5.74) is 2.31. The van der Waals surface area contributed by atoms with E-state index in [1.807, 2.05) is 60.7 Å². The second kappa shape index (κ2) is 9.16. The summed E-state index contributed by atoms with van der Waals surface area (Å²) in [6.07, 6.45) is 0.251. The standard InChI is InChI=1S/C26H25N3O4/c1-26(16-20-10-6-7-11-22(20)33-2)24(31)29(25(32)28-26)17-23(30)27-21-14-12-19(13-15-21)18-8-4-3-5-9-18/h3-15H,16-17H2,1-2H3,(H,27,30)(H,28,32). The summed E-state index contributed by atoms with van der Waals surface area (Å²) in [5, 5.41) is 5.48. The molecule has 4 rings (SSSR count). The number of benzene rings is 3. The quantitative estimate of drug-likeness (QED) is 0.543. The maximum atomic E-state index is 13.1. The molecule has 0 bridgehead atoms. The molecule has 33 heavy (non-hydrogen) atoms. The van der Waals surface area contributed by atoms with Gasteiger partial charge in [0.1, 0.15) is 17.8 Å². The van der Waals surface area contributed by atoms with Crippen LogP contribution in [0.3, 0.4) is 0 Å². The molecule has 1 heterocycles. The third kappa shape index (κ3) is 4.72. The van der Waals surface area contributed by atoms with Crippen LogP contribution in [-0.4, -0.2) is 41.9 Å². The molecule has 1 aliphatic heterocycles. The minimum Gasteiger partial charge on any atom is -0.496 e. The van der Waals surface area contributed by atoms with Crippen molar-refractivity contribution in [2.24, 2.45) is 0 Å². The molecule has 7 heteroatoms. The van der Waals surface area contributed by atoms with Gasteiger partial charge in [0.2, 0.25) is 5.91 Å². The highest BCUT2D eigenvalue weighted by molar-refractivity contribution is 6.10. The van der Waals surface area contributed by atoms with Crippen molar-refractivity contribution in [3.8, 4) is 16.9 Å². The number of methoxy groups -OCH3 is 1. The molecule has 7 nitrogen and oxygen atoms in total. The number of ether oxygens (including phenoxy) is 1. The van der Waals surface area contributed by atoms with E-state index >= 15 is 0 Å². The number of hydrogen-bond donors (Lipinski definition) is 2. The average Bonchev–Trinajstić information content (AvgIpc) is 3.03. The van der Waals surface area contributed by atoms with Crippen LogP contribution in [0.5, 0.6) is 5.75 Å². The van der Waals surface area contributed by atoms with Gasteiger partial charge in [0.15, 0.2) is 0 Å². The molecule has 1 atom stereocenters. The van der Waals surface area contributed by atoms with Gasteiger partial charge in [-0.25, -0.2) is 4.79 Å². The third-order valence-electron chi connectivity index (χ3n) is 5.66. The largest absolute Gasteiger partial charge is 0.496 e. The summed E-state index contributed by atoms with van der Waals surface area (Å²) in [5.74, 6) is -0.267. The summed E-state index contributed by atoms with van der Waals surface area (Å²) in [4.78, 5) is 39.1. The highest BCUT2D eigenvalue weighted by Crippen LogP contribution is 2.27. The molecule has 0 saturated carbocycles. The summed E-state index contributed by atoms with van der Waals surface area (Å²) in [7, 11) is 1.55. The monoisotopic (exact) mass is 443 g/mol. The van der Waals surface area contributed by atoms with Crippen LogP contribution in [0.4, 0.5) is 10.5 Å². The van der Waals surface area contributed by atoms with Crippen molar-refractivity contribution in [3.05, 3.63) is 84.4 Å². The predicted octanol–water partition coefficient (Wildman–Crippen LogP) is 3.85. The molecule has 4 amide bonds. The molecule has 168 valence electrons. The maximum Gasteiger partial charge on any atom is 0.325 e. The minimum absolute atomic E-state index is 0.251. The molecule has 2 N–H and O–H groups in total. The molecule has 0 aromatic heterocycles. The lowest BCUT2D eigenvalue weighted by Gasteiger charge is -2.22. The van der Waals surface area contributed by atoms with Gasteiger partial charge in [0.05, 0.1) is 7.11 Å². The zero-order valence-corrected chi connectivity index (χ0v) is 18.5. The van der Waals surface area contributed by atoms with Crippen molar-refractivity contribution < 1.29 is 19.1 Å². The van der Waals surface area contributed by atoms with Crippen molar-refractivity contribution in [2.75, 3.05) is 19.0 Å². The van der Waals surface area contributed by atoms with Crippen molar-refractivity contribution in [3.63, 3.8) is 0 Å². The van der Waals surface area contributed by atoms with Gasteiger partial charge < -0.3 is 15.4 Å². The summed E-state index contributed by atoms with van der Waals surface area (Å²) >= 11 is 0. The Bertz CT molecular complexity index is 1180. The van der Waals surface area contributed by atoms with Crippen LogP contribution in [0, 0.1) is 0 Å². The topological polar surface area (TPSA) is 87.7 Å². The molecular formula is C26H25N3O4. The van der Waals surface area contributed by atoms with Crippen molar-refractivity contribution >= 4 is 23.5 Å². The van der Waals surface area contributed by atoms with Crippen molar-refractivity contribution in [1.29, 1.82) is 0 Å². The van der Waals surface area contributed by atoms with E-state index < -0.39 is 23.4 Å². The Morgan fingerprint density at radius 2 is 1.58 bits per heavy atom. The fraction of sp³-hybridized carbons (Fsp3) is 0.192. The molecule has 0 spiro atoms. The Morgan fingerprint density at radius 3 is 2.27 bits per heavy atom. The van der Waals surface area contributed by atoms with Crippen LogP contribution < -0.4 is 15.4 Å². The molecule has 1 unspecified atom stereocenters. The summed E-state index contributed by atoms with van der Waals surface area (Å²) < 4.78 is 5.36. The van der Waals surface area contributed by atoms with E-state index in [1.54, 1.807) is 32.2 Å². The Kier molecular flexibility index (Phi) is 6.13. The number of carbonyl (C=O) groups is 3. The van der Waals surface area contributed by atoms with Gasteiger partial charge in [-0.3, -0.25) is 14.5 Å². The minimum atomic E-state index is -1.16. The highest BCUT2D eigenvalue weighted by atomic mass is 16.5. The molecule has 1 aliphatic rings. The van der Waals surface area contributed by atoms with E-state index in [2.05, 4.69) is 10.6 Å². The Balaban J connectivity index is 1.41. The van der Waals surface area contributed by atoms with E-state index in [0.29, 0.717) is 11.4 Å². The van der Waals surface area contributed by atoms with E-state index in [-0.39, 0.29) is 13.0 Å². The third-order valence-corrected chi connectivity index (χ3v) is 5.66. The first-order valence-corrected chi connectivity index (χ1v) is 10.6. The number of hydrogen-bond acceptors (Lipinski definition) is 4. The SMILES string of the molecule is COc1ccccc1CC1(C)NC(=O)N(CC(=O)Nc2ccc(-c3ccccc3)cc2)C1=O. The second-order valence-electron chi connectivity index (χ2n) is 8.13. The number of nitrogens with zero attached hydrogens (tertiary/aromatic N) is 1. The number of para-hydroxylation sites is 1. The van der Waals surface area contributed by atoms with E-state index in [9.17, 15) is 14.4 Å². The maximum absolute atomic E-state index is 13.1. The van der Waals surface area contributed by atoms with Crippen LogP contribution in [0.1, 0.15) is 12.5 Å². The van der Waals surface area contributed by atoms with E-state index in [1.165, 1.54) is 0 Å². The second-order valence-corrected chi connectivity index (χ2v) is 8.13. The highest BCUT2D eigenvalue weighted by Gasteiger charge is 2.48. The number of nitrogens with one attached hydrogen (secondary N) is 2. The Hall–Kier alpha value is -4.13. The van der Waals surface area contributed by atoms with Gasteiger partial charge in [0.25, 0.3) is 5.91 Å². The lowest BCUT2D eigenvalue weighted by atomic mass is 9.92. The smallest absolute Gasteiger partial charge is 0.325 e. The summed E-state index contributed by atoms with van der Waals surface area (Å²) in [6, 6.07) is 24.0. The molecule has 3 aromatic carbocycles. The Morgan fingerprint density at radius 1 is 0.939 bits per heavy atom. The van der Waals surface area contributed by atoms with Crippen molar-refractivity contribution in [1.82, 2.24) is 10.2 Å².